The smallest absolute Gasteiger partial charge is 0.251 e. The van der Waals surface area contributed by atoms with Crippen molar-refractivity contribution in [2.75, 3.05) is 6.26 Å². The molecule has 2 rings (SSSR count). The van der Waals surface area contributed by atoms with Crippen LogP contribution >= 0.6 is 0 Å². The number of carbonyl (C=O) groups excluding carboxylic acids is 1. The van der Waals surface area contributed by atoms with Crippen LogP contribution in [-0.4, -0.2) is 36.2 Å². The molecule has 1 amide bonds. The van der Waals surface area contributed by atoms with Gasteiger partial charge in [0.2, 0.25) is 0 Å². The van der Waals surface area contributed by atoms with Gasteiger partial charge in [-0.15, -0.1) is 0 Å². The summed E-state index contributed by atoms with van der Waals surface area (Å²) >= 11 is 0. The number of benzene rings is 1. The van der Waals surface area contributed by atoms with Crippen LogP contribution in [-0.2, 0) is 22.1 Å². The first-order valence-electron chi connectivity index (χ1n) is 6.87. The normalized spacial score (nSPS) is 12.8. The second-order valence-corrected chi connectivity index (χ2v) is 7.54. The van der Waals surface area contributed by atoms with Gasteiger partial charge in [0.25, 0.3) is 5.91 Å². The van der Waals surface area contributed by atoms with E-state index in [-0.39, 0.29) is 17.7 Å². The van der Waals surface area contributed by atoms with Crippen LogP contribution in [0.4, 0.5) is 0 Å². The topological polar surface area (TPSA) is 81.1 Å². The zero-order chi connectivity index (χ0) is 16.2. The lowest BCUT2D eigenvalue weighted by Gasteiger charge is -2.14. The van der Waals surface area contributed by atoms with Crippen LogP contribution in [0.15, 0.2) is 43.0 Å². The van der Waals surface area contributed by atoms with Crippen LogP contribution in [0, 0.1) is 0 Å². The molecule has 22 heavy (non-hydrogen) atoms. The van der Waals surface area contributed by atoms with Gasteiger partial charge in [-0.1, -0.05) is 12.1 Å². The highest BCUT2D eigenvalue weighted by atomic mass is 32.2. The third-order valence-corrected chi connectivity index (χ3v) is 3.90. The highest BCUT2D eigenvalue weighted by Gasteiger charge is 2.12. The quantitative estimate of drug-likeness (QED) is 0.868. The molecule has 0 radical (unpaired) electrons. The summed E-state index contributed by atoms with van der Waals surface area (Å²) in [4.78, 5) is 16.2. The molecule has 1 atom stereocenters. The lowest BCUT2D eigenvalue weighted by molar-refractivity contribution is 0.0936. The van der Waals surface area contributed by atoms with Gasteiger partial charge in [-0.3, -0.25) is 4.79 Å². The molecule has 1 N–H and O–H groups in total. The zero-order valence-electron chi connectivity index (χ0n) is 12.6. The molecular formula is C15H19N3O3S. The van der Waals surface area contributed by atoms with Gasteiger partial charge in [0.05, 0.1) is 12.1 Å². The van der Waals surface area contributed by atoms with Crippen molar-refractivity contribution in [2.45, 2.75) is 25.3 Å². The minimum atomic E-state index is -3.12. The summed E-state index contributed by atoms with van der Waals surface area (Å²) in [5.41, 5.74) is 1.07. The molecule has 0 spiro atoms. The molecule has 0 unspecified atom stereocenters. The Balaban J connectivity index is 2.01. The van der Waals surface area contributed by atoms with E-state index in [1.54, 1.807) is 36.8 Å². The number of aromatic nitrogens is 2. The van der Waals surface area contributed by atoms with Crippen molar-refractivity contribution >= 4 is 15.7 Å². The summed E-state index contributed by atoms with van der Waals surface area (Å²) in [6, 6.07) is 6.61. The van der Waals surface area contributed by atoms with Crippen LogP contribution in [0.25, 0.3) is 0 Å². The molecular weight excluding hydrogens is 302 g/mol. The Bertz CT molecular complexity index is 739. The summed E-state index contributed by atoms with van der Waals surface area (Å²) in [5, 5.41) is 2.89. The minimum Gasteiger partial charge on any atom is -0.348 e. The van der Waals surface area contributed by atoms with Crippen LogP contribution < -0.4 is 5.32 Å². The molecule has 1 heterocycles. The first-order chi connectivity index (χ1) is 10.3. The average molecular weight is 321 g/mol. The monoisotopic (exact) mass is 321 g/mol. The summed E-state index contributed by atoms with van der Waals surface area (Å²) in [6.07, 6.45) is 6.38. The number of carbonyl (C=O) groups is 1. The Labute approximate surface area is 130 Å². The second-order valence-electron chi connectivity index (χ2n) is 5.40. The Morgan fingerprint density at radius 3 is 2.82 bits per heavy atom. The number of amides is 1. The van der Waals surface area contributed by atoms with E-state index in [1.807, 2.05) is 17.7 Å². The number of hydrogen-bond donors (Lipinski definition) is 1. The predicted octanol–water partition coefficient (Wildman–Crippen LogP) is 1.25. The van der Waals surface area contributed by atoms with E-state index >= 15 is 0 Å². The van der Waals surface area contributed by atoms with Crippen LogP contribution in [0.3, 0.4) is 0 Å². The van der Waals surface area contributed by atoms with Crippen molar-refractivity contribution in [3.8, 4) is 0 Å². The van der Waals surface area contributed by atoms with Gasteiger partial charge < -0.3 is 9.88 Å². The highest BCUT2D eigenvalue weighted by molar-refractivity contribution is 7.89. The molecule has 1 aromatic carbocycles. The van der Waals surface area contributed by atoms with E-state index in [4.69, 9.17) is 0 Å². The summed E-state index contributed by atoms with van der Waals surface area (Å²) < 4.78 is 24.5. The number of hydrogen-bond acceptors (Lipinski definition) is 4. The van der Waals surface area contributed by atoms with E-state index in [0.717, 1.165) is 0 Å². The van der Waals surface area contributed by atoms with Crippen molar-refractivity contribution in [2.24, 2.45) is 0 Å². The fraction of sp³-hybridized carbons (Fsp3) is 0.333. The highest BCUT2D eigenvalue weighted by Crippen LogP contribution is 2.09. The average Bonchev–Trinajstić information content (AvgIpc) is 2.89. The third kappa shape index (κ3) is 5.00. The SMILES string of the molecule is C[C@@H](Cn1ccnc1)NC(=O)c1cccc(CS(C)(=O)=O)c1. The van der Waals surface area contributed by atoms with Crippen molar-refractivity contribution in [1.82, 2.24) is 14.9 Å². The largest absolute Gasteiger partial charge is 0.348 e. The standard InChI is InChI=1S/C15H19N3O3S/c1-12(9-18-7-6-16-11-18)17-15(19)14-5-3-4-13(8-14)10-22(2,20)21/h3-8,11-12H,9-10H2,1-2H3,(H,17,19)/t12-/m0/s1. The van der Waals surface area contributed by atoms with Crippen molar-refractivity contribution < 1.29 is 13.2 Å². The zero-order valence-corrected chi connectivity index (χ0v) is 13.4. The molecule has 0 saturated carbocycles. The van der Waals surface area contributed by atoms with Gasteiger partial charge in [0, 0.05) is 36.8 Å². The fourth-order valence-electron chi connectivity index (χ4n) is 2.17. The minimum absolute atomic E-state index is 0.0692. The molecule has 0 bridgehead atoms. The maximum atomic E-state index is 12.2. The first kappa shape index (κ1) is 16.2. The van der Waals surface area contributed by atoms with Crippen LogP contribution in [0.2, 0.25) is 0 Å². The summed E-state index contributed by atoms with van der Waals surface area (Å²) in [7, 11) is -3.12. The molecule has 6 nitrogen and oxygen atoms in total. The number of imidazole rings is 1. The molecule has 0 saturated heterocycles. The van der Waals surface area contributed by atoms with E-state index in [0.29, 0.717) is 17.7 Å². The molecule has 0 aliphatic carbocycles. The molecule has 2 aromatic rings. The Morgan fingerprint density at radius 1 is 1.41 bits per heavy atom. The number of nitrogens with zero attached hydrogens (tertiary/aromatic N) is 2. The number of rotatable bonds is 6. The Morgan fingerprint density at radius 2 is 2.18 bits per heavy atom. The predicted molar refractivity (Wildman–Crippen MR) is 84.1 cm³/mol. The Hall–Kier alpha value is -2.15. The van der Waals surface area contributed by atoms with Gasteiger partial charge in [-0.05, 0) is 24.6 Å². The molecule has 0 aliphatic heterocycles. The van der Waals surface area contributed by atoms with Gasteiger partial charge in [-0.2, -0.15) is 0 Å². The van der Waals surface area contributed by atoms with Gasteiger partial charge >= 0.3 is 0 Å². The van der Waals surface area contributed by atoms with Crippen molar-refractivity contribution in [1.29, 1.82) is 0 Å². The van der Waals surface area contributed by atoms with Crippen molar-refractivity contribution in [3.63, 3.8) is 0 Å². The third-order valence-electron chi connectivity index (χ3n) is 3.04. The lowest BCUT2D eigenvalue weighted by Crippen LogP contribution is -2.35. The van der Waals surface area contributed by atoms with Gasteiger partial charge in [-0.25, -0.2) is 13.4 Å². The number of sulfone groups is 1. The number of nitrogens with one attached hydrogen (secondary N) is 1. The first-order valence-corrected chi connectivity index (χ1v) is 8.93. The summed E-state index contributed by atoms with van der Waals surface area (Å²) in [6.45, 7) is 2.52. The molecule has 118 valence electrons. The second kappa shape index (κ2) is 6.74. The van der Waals surface area contributed by atoms with E-state index < -0.39 is 9.84 Å². The van der Waals surface area contributed by atoms with E-state index in [9.17, 15) is 13.2 Å². The van der Waals surface area contributed by atoms with E-state index in [1.165, 1.54) is 6.26 Å². The maximum Gasteiger partial charge on any atom is 0.251 e. The van der Waals surface area contributed by atoms with Gasteiger partial charge in [0.15, 0.2) is 9.84 Å². The molecule has 7 heteroatoms. The van der Waals surface area contributed by atoms with Gasteiger partial charge in [0.1, 0.15) is 0 Å². The molecule has 0 aliphatic rings. The van der Waals surface area contributed by atoms with Crippen LogP contribution in [0.5, 0.6) is 0 Å². The lowest BCUT2D eigenvalue weighted by atomic mass is 10.1. The fourth-order valence-corrected chi connectivity index (χ4v) is 2.95. The molecule has 1 aromatic heterocycles. The maximum absolute atomic E-state index is 12.2. The van der Waals surface area contributed by atoms with E-state index in [2.05, 4.69) is 10.3 Å². The molecule has 0 fully saturated rings. The Kier molecular flexibility index (Phi) is 4.97. The van der Waals surface area contributed by atoms with Crippen molar-refractivity contribution in [3.05, 3.63) is 54.1 Å². The van der Waals surface area contributed by atoms with Crippen LogP contribution in [0.1, 0.15) is 22.8 Å². The summed E-state index contributed by atoms with van der Waals surface area (Å²) in [5.74, 6) is -0.290.